The van der Waals surface area contributed by atoms with Crippen molar-refractivity contribution in [1.82, 2.24) is 0 Å². The molecule has 0 heterocycles. The lowest BCUT2D eigenvalue weighted by atomic mass is 10.3. The molecule has 0 unspecified atom stereocenters. The minimum atomic E-state index is -3.03. The molecular formula is C6H2Cl5N2O2P. The monoisotopic (exact) mass is 340 g/mol. The van der Waals surface area contributed by atoms with Gasteiger partial charge in [0.05, 0.1) is 15.0 Å². The van der Waals surface area contributed by atoms with Crippen molar-refractivity contribution < 1.29 is 4.92 Å². The van der Waals surface area contributed by atoms with Crippen LogP contribution in [0.1, 0.15) is 0 Å². The maximum atomic E-state index is 10.5. The number of benzene rings is 1. The highest BCUT2D eigenvalue weighted by Crippen LogP contribution is 2.67. The molecule has 1 aromatic carbocycles. The number of hydrogen-bond donors (Lipinski definition) is 0. The molecule has 0 bridgehead atoms. The Morgan fingerprint density at radius 3 is 1.94 bits per heavy atom. The smallest absolute Gasteiger partial charge is 0.258 e. The van der Waals surface area contributed by atoms with Crippen LogP contribution in [0.2, 0.25) is 10.0 Å². The van der Waals surface area contributed by atoms with Gasteiger partial charge < -0.3 is 0 Å². The van der Waals surface area contributed by atoms with Gasteiger partial charge in [0.1, 0.15) is 5.69 Å². The minimum absolute atomic E-state index is 0.0366. The fraction of sp³-hybridized carbons (Fsp3) is 0. The summed E-state index contributed by atoms with van der Waals surface area (Å²) < 4.78 is 3.71. The van der Waals surface area contributed by atoms with E-state index in [1.807, 2.05) is 0 Å². The molecular weight excluding hydrogens is 340 g/mol. The Morgan fingerprint density at radius 2 is 1.62 bits per heavy atom. The first-order valence-electron chi connectivity index (χ1n) is 3.55. The van der Waals surface area contributed by atoms with Gasteiger partial charge >= 0.3 is 0 Å². The zero-order valence-electron chi connectivity index (χ0n) is 7.20. The Bertz CT molecular complexity index is 468. The average Bonchev–Trinajstić information content (AvgIpc) is 2.09. The summed E-state index contributed by atoms with van der Waals surface area (Å²) in [4.78, 5) is 9.86. The van der Waals surface area contributed by atoms with Crippen LogP contribution in [0, 0.1) is 10.1 Å². The Balaban J connectivity index is 3.40. The summed E-state index contributed by atoms with van der Waals surface area (Å²) in [6.07, 6.45) is 0. The topological polar surface area (TPSA) is 55.5 Å². The summed E-state index contributed by atoms with van der Waals surface area (Å²) in [6, 6.07) is 2.18. The van der Waals surface area contributed by atoms with E-state index in [2.05, 4.69) is 4.74 Å². The van der Waals surface area contributed by atoms with Gasteiger partial charge in [-0.1, -0.05) is 23.2 Å². The van der Waals surface area contributed by atoms with Crippen LogP contribution in [0.4, 0.5) is 11.4 Å². The molecule has 0 saturated carbocycles. The standard InChI is InChI=1S/C6H2Cl5N2O2P/c7-4-1-3(13(14)15)2-5(8)6(4)12-16(9,10)11/h1-2H. The van der Waals surface area contributed by atoms with Crippen molar-refractivity contribution in [3.8, 4) is 0 Å². The number of halogens is 5. The highest BCUT2D eigenvalue weighted by Gasteiger charge is 2.16. The van der Waals surface area contributed by atoms with E-state index in [0.29, 0.717) is 0 Å². The molecule has 1 aromatic rings. The minimum Gasteiger partial charge on any atom is -0.258 e. The van der Waals surface area contributed by atoms with Crippen molar-refractivity contribution in [2.45, 2.75) is 0 Å². The first-order valence-corrected chi connectivity index (χ1v) is 8.76. The van der Waals surface area contributed by atoms with E-state index in [0.717, 1.165) is 12.1 Å². The number of nitro groups is 1. The van der Waals surface area contributed by atoms with Gasteiger partial charge in [-0.3, -0.25) is 10.1 Å². The maximum absolute atomic E-state index is 10.5. The number of nitro benzene ring substituents is 1. The van der Waals surface area contributed by atoms with Crippen LogP contribution in [0.5, 0.6) is 0 Å². The number of non-ortho nitro benzene ring substituents is 1. The highest BCUT2D eigenvalue weighted by molar-refractivity contribution is 8.26. The molecule has 1 rings (SSSR count). The largest absolute Gasteiger partial charge is 0.272 e. The van der Waals surface area contributed by atoms with E-state index < -0.39 is 10.0 Å². The van der Waals surface area contributed by atoms with Gasteiger partial charge in [-0.15, -0.1) is 0 Å². The van der Waals surface area contributed by atoms with Gasteiger partial charge in [0.25, 0.3) is 5.69 Å². The Labute approximate surface area is 115 Å². The third-order valence-electron chi connectivity index (χ3n) is 1.43. The second kappa shape index (κ2) is 5.30. The second-order valence-electron chi connectivity index (χ2n) is 2.53. The molecule has 0 fully saturated rings. The molecule has 0 aliphatic rings. The van der Waals surface area contributed by atoms with Crippen LogP contribution in [-0.2, 0) is 0 Å². The molecule has 0 aliphatic heterocycles. The number of hydrogen-bond acceptors (Lipinski definition) is 3. The second-order valence-corrected chi connectivity index (χ2v) is 10.3. The molecule has 16 heavy (non-hydrogen) atoms. The average molecular weight is 342 g/mol. The van der Waals surface area contributed by atoms with Gasteiger partial charge in [0.2, 0.25) is 5.11 Å². The Hall–Kier alpha value is 0.300. The number of nitrogens with zero attached hydrogens (tertiary/aromatic N) is 2. The lowest BCUT2D eigenvalue weighted by Crippen LogP contribution is -1.87. The summed E-state index contributed by atoms with van der Waals surface area (Å²) in [5.41, 5.74) is -0.209. The van der Waals surface area contributed by atoms with Crippen molar-refractivity contribution >= 4 is 73.4 Å². The molecule has 0 atom stereocenters. The van der Waals surface area contributed by atoms with Crippen molar-refractivity contribution in [2.75, 3.05) is 0 Å². The van der Waals surface area contributed by atoms with Gasteiger partial charge in [-0.25, -0.2) is 4.74 Å². The molecule has 0 aliphatic carbocycles. The van der Waals surface area contributed by atoms with Crippen LogP contribution in [-0.4, -0.2) is 4.92 Å². The lowest BCUT2D eigenvalue weighted by Gasteiger charge is -2.04. The van der Waals surface area contributed by atoms with Crippen LogP contribution < -0.4 is 0 Å². The Kier molecular flexibility index (Phi) is 4.76. The highest BCUT2D eigenvalue weighted by atomic mass is 36.0. The summed E-state index contributed by atoms with van der Waals surface area (Å²) in [5, 5.41) is 7.39. The van der Waals surface area contributed by atoms with Gasteiger partial charge in [-0.2, -0.15) is 0 Å². The van der Waals surface area contributed by atoms with Crippen LogP contribution in [0.25, 0.3) is 0 Å². The molecule has 0 aromatic heterocycles. The van der Waals surface area contributed by atoms with Crippen molar-refractivity contribution in [3.05, 3.63) is 32.3 Å². The summed E-state index contributed by atoms with van der Waals surface area (Å²) in [5.74, 6) is 0. The van der Waals surface area contributed by atoms with Crippen molar-refractivity contribution in [2.24, 2.45) is 4.74 Å². The summed E-state index contributed by atoms with van der Waals surface area (Å²) in [6.45, 7) is 0. The molecule has 88 valence electrons. The van der Waals surface area contributed by atoms with E-state index in [1.165, 1.54) is 0 Å². The first-order chi connectivity index (χ1) is 7.20. The number of rotatable bonds is 2. The van der Waals surface area contributed by atoms with E-state index in [1.54, 1.807) is 0 Å². The molecule has 0 amide bonds. The van der Waals surface area contributed by atoms with Gasteiger partial charge in [0, 0.05) is 12.1 Å². The predicted octanol–water partition coefficient (Wildman–Crippen LogP) is 6.20. The zero-order chi connectivity index (χ0) is 12.5. The lowest BCUT2D eigenvalue weighted by molar-refractivity contribution is -0.384. The van der Waals surface area contributed by atoms with Crippen molar-refractivity contribution in [1.29, 1.82) is 0 Å². The SMILES string of the molecule is O=[N+]([O-])c1cc(Cl)c(N=P(Cl)(Cl)Cl)c(Cl)c1. The van der Waals surface area contributed by atoms with E-state index in [9.17, 15) is 10.1 Å². The van der Waals surface area contributed by atoms with Crippen LogP contribution in [0.3, 0.4) is 0 Å². The molecule has 0 spiro atoms. The van der Waals surface area contributed by atoms with Gasteiger partial charge in [-0.05, 0) is 33.7 Å². The predicted molar refractivity (Wildman–Crippen MR) is 69.7 cm³/mol. The normalized spacial score (nSPS) is 11.3. The van der Waals surface area contributed by atoms with Gasteiger partial charge in [0.15, 0.2) is 0 Å². The molecule has 0 saturated heterocycles. The molecule has 10 heteroatoms. The van der Waals surface area contributed by atoms with Crippen molar-refractivity contribution in [3.63, 3.8) is 0 Å². The van der Waals surface area contributed by atoms with Crippen LogP contribution >= 0.6 is 62.0 Å². The third-order valence-corrected chi connectivity index (χ3v) is 3.11. The maximum Gasteiger partial charge on any atom is 0.272 e. The molecule has 0 N–H and O–H groups in total. The zero-order valence-corrected chi connectivity index (χ0v) is 11.9. The third kappa shape index (κ3) is 3.95. The van der Waals surface area contributed by atoms with E-state index in [-0.39, 0.29) is 21.4 Å². The fourth-order valence-electron chi connectivity index (χ4n) is 0.866. The van der Waals surface area contributed by atoms with Crippen LogP contribution in [0.15, 0.2) is 16.9 Å². The summed E-state index contributed by atoms with van der Waals surface area (Å²) in [7, 11) is 0. The fourth-order valence-corrected chi connectivity index (χ4v) is 2.67. The molecule has 0 radical (unpaired) electrons. The van der Waals surface area contributed by atoms with E-state index >= 15 is 0 Å². The Morgan fingerprint density at radius 1 is 1.19 bits per heavy atom. The molecule has 4 nitrogen and oxygen atoms in total. The quantitative estimate of drug-likeness (QED) is 0.365. The van der Waals surface area contributed by atoms with E-state index in [4.69, 9.17) is 56.9 Å². The summed E-state index contributed by atoms with van der Waals surface area (Å²) >= 11 is 28.1. The first kappa shape index (κ1) is 14.4.